The Morgan fingerprint density at radius 2 is 1.89 bits per heavy atom. The Kier molecular flexibility index (Phi) is 4.90. The highest BCUT2D eigenvalue weighted by Gasteiger charge is 2.27. The molecular formula is C12H17NO5S. The minimum absolute atomic E-state index is 0.0919. The third-order valence-electron chi connectivity index (χ3n) is 2.20. The number of hydrogen-bond acceptors (Lipinski definition) is 4. The van der Waals surface area contributed by atoms with E-state index in [2.05, 4.69) is 5.32 Å². The first-order valence-electron chi connectivity index (χ1n) is 5.62. The minimum Gasteiger partial charge on any atom is -0.445 e. The maximum Gasteiger partial charge on any atom is 0.407 e. The summed E-state index contributed by atoms with van der Waals surface area (Å²) in [5.41, 5.74) is -0.285. The van der Waals surface area contributed by atoms with Crippen LogP contribution in [0.25, 0.3) is 0 Å². The molecule has 0 fully saturated rings. The van der Waals surface area contributed by atoms with Gasteiger partial charge in [0.25, 0.3) is 10.1 Å². The van der Waals surface area contributed by atoms with Gasteiger partial charge in [0.2, 0.25) is 0 Å². The fourth-order valence-electron chi connectivity index (χ4n) is 1.53. The topological polar surface area (TPSA) is 92.7 Å². The second-order valence-corrected chi connectivity index (χ2v) is 6.25. The first-order chi connectivity index (χ1) is 8.68. The number of nitrogens with one attached hydrogen (secondary N) is 1. The highest BCUT2D eigenvalue weighted by molar-refractivity contribution is 7.85. The summed E-state index contributed by atoms with van der Waals surface area (Å²) in [6, 6.07) is 9.09. The number of hydrogen-bond donors (Lipinski definition) is 2. The van der Waals surface area contributed by atoms with Crippen LogP contribution in [0.4, 0.5) is 4.79 Å². The summed E-state index contributed by atoms with van der Waals surface area (Å²) in [6.07, 6.45) is -0.738. The van der Waals surface area contributed by atoms with Crippen LogP contribution >= 0.6 is 0 Å². The van der Waals surface area contributed by atoms with Crippen molar-refractivity contribution in [3.05, 3.63) is 35.9 Å². The smallest absolute Gasteiger partial charge is 0.407 e. The lowest BCUT2D eigenvalue weighted by atomic mass is 10.1. The summed E-state index contributed by atoms with van der Waals surface area (Å²) in [6.45, 7) is 3.05. The van der Waals surface area contributed by atoms with Gasteiger partial charge in [-0.1, -0.05) is 30.3 Å². The highest BCUT2D eigenvalue weighted by atomic mass is 32.2. The van der Waals surface area contributed by atoms with Crippen molar-refractivity contribution in [2.45, 2.75) is 26.0 Å². The molecule has 1 aromatic rings. The number of carbonyl (C=O) groups excluding carboxylic acids is 1. The lowest BCUT2D eigenvalue weighted by Crippen LogP contribution is -2.48. The Balaban J connectivity index is 2.47. The van der Waals surface area contributed by atoms with Gasteiger partial charge >= 0.3 is 6.09 Å². The Morgan fingerprint density at radius 1 is 1.32 bits per heavy atom. The van der Waals surface area contributed by atoms with Gasteiger partial charge in [0.1, 0.15) is 6.61 Å². The standard InChI is InChI=1S/C12H17NO5S/c1-12(2,9-19(15,16)17)13-11(14)18-8-10-6-4-3-5-7-10/h3-7H,8-9H2,1-2H3,(H,13,14)(H,15,16,17). The zero-order valence-corrected chi connectivity index (χ0v) is 11.6. The van der Waals surface area contributed by atoms with Crippen molar-refractivity contribution in [2.24, 2.45) is 0 Å². The molecule has 0 spiro atoms. The molecule has 6 nitrogen and oxygen atoms in total. The molecule has 0 aliphatic heterocycles. The zero-order chi connectivity index (χ0) is 14.5. The normalized spacial score (nSPS) is 11.9. The van der Waals surface area contributed by atoms with Gasteiger partial charge < -0.3 is 10.1 Å². The first-order valence-corrected chi connectivity index (χ1v) is 7.23. The molecule has 1 amide bonds. The largest absolute Gasteiger partial charge is 0.445 e. The summed E-state index contributed by atoms with van der Waals surface area (Å²) in [7, 11) is -4.16. The number of ether oxygens (including phenoxy) is 1. The molecule has 106 valence electrons. The molecule has 0 saturated carbocycles. The molecule has 0 heterocycles. The van der Waals surface area contributed by atoms with Crippen LogP contribution in [-0.4, -0.2) is 30.4 Å². The van der Waals surface area contributed by atoms with E-state index >= 15 is 0 Å². The van der Waals surface area contributed by atoms with Crippen molar-refractivity contribution in [1.82, 2.24) is 5.32 Å². The van der Waals surface area contributed by atoms with E-state index in [4.69, 9.17) is 9.29 Å². The van der Waals surface area contributed by atoms with Gasteiger partial charge in [-0.05, 0) is 19.4 Å². The monoisotopic (exact) mass is 287 g/mol. The minimum atomic E-state index is -4.16. The quantitative estimate of drug-likeness (QED) is 0.802. The van der Waals surface area contributed by atoms with E-state index in [9.17, 15) is 13.2 Å². The van der Waals surface area contributed by atoms with Gasteiger partial charge in [-0.3, -0.25) is 4.55 Å². The van der Waals surface area contributed by atoms with Crippen molar-refractivity contribution in [1.29, 1.82) is 0 Å². The van der Waals surface area contributed by atoms with E-state index in [0.717, 1.165) is 5.56 Å². The Bertz CT molecular complexity index is 524. The summed E-state index contributed by atoms with van der Waals surface area (Å²) in [4.78, 5) is 11.5. The first kappa shape index (κ1) is 15.5. The number of alkyl carbamates (subject to hydrolysis) is 1. The average Bonchev–Trinajstić information content (AvgIpc) is 2.23. The molecule has 0 bridgehead atoms. The molecule has 0 unspecified atom stereocenters. The van der Waals surface area contributed by atoms with Gasteiger partial charge in [-0.25, -0.2) is 4.79 Å². The molecule has 1 aromatic carbocycles. The van der Waals surface area contributed by atoms with Crippen LogP contribution in [-0.2, 0) is 21.5 Å². The molecular weight excluding hydrogens is 270 g/mol. The van der Waals surface area contributed by atoms with Gasteiger partial charge in [-0.15, -0.1) is 0 Å². The number of benzene rings is 1. The van der Waals surface area contributed by atoms with Gasteiger partial charge in [-0.2, -0.15) is 8.42 Å². The molecule has 2 N–H and O–H groups in total. The number of amides is 1. The van der Waals surface area contributed by atoms with Gasteiger partial charge in [0.05, 0.1) is 11.3 Å². The zero-order valence-electron chi connectivity index (χ0n) is 10.8. The molecule has 19 heavy (non-hydrogen) atoms. The maximum atomic E-state index is 11.5. The number of carbonyl (C=O) groups is 1. The molecule has 0 atom stereocenters. The van der Waals surface area contributed by atoms with Crippen LogP contribution in [0.5, 0.6) is 0 Å². The fraction of sp³-hybridized carbons (Fsp3) is 0.417. The third kappa shape index (κ3) is 6.78. The summed E-state index contributed by atoms with van der Waals surface area (Å²) in [5, 5.41) is 2.38. The van der Waals surface area contributed by atoms with E-state index in [1.54, 1.807) is 12.1 Å². The Labute approximate surface area is 112 Å². The SMILES string of the molecule is CC(C)(CS(=O)(=O)O)NC(=O)OCc1ccccc1. The van der Waals surface area contributed by atoms with Gasteiger partial charge in [0, 0.05) is 0 Å². The van der Waals surface area contributed by atoms with Crippen LogP contribution in [0, 0.1) is 0 Å². The molecule has 0 aromatic heterocycles. The van der Waals surface area contributed by atoms with Gasteiger partial charge in [0.15, 0.2) is 0 Å². The molecule has 0 radical (unpaired) electrons. The predicted molar refractivity (Wildman–Crippen MR) is 70.3 cm³/mol. The van der Waals surface area contributed by atoms with E-state index in [1.165, 1.54) is 13.8 Å². The predicted octanol–water partition coefficient (Wildman–Crippen LogP) is 1.58. The lowest BCUT2D eigenvalue weighted by molar-refractivity contribution is 0.131. The van der Waals surface area contributed by atoms with Crippen molar-refractivity contribution in [3.8, 4) is 0 Å². The molecule has 0 aliphatic rings. The molecule has 1 rings (SSSR count). The lowest BCUT2D eigenvalue weighted by Gasteiger charge is -2.24. The second kappa shape index (κ2) is 6.03. The van der Waals surface area contributed by atoms with Crippen molar-refractivity contribution in [3.63, 3.8) is 0 Å². The van der Waals surface area contributed by atoms with Crippen LogP contribution in [0.15, 0.2) is 30.3 Å². The van der Waals surface area contributed by atoms with E-state index in [0.29, 0.717) is 0 Å². The van der Waals surface area contributed by atoms with Crippen LogP contribution < -0.4 is 5.32 Å². The van der Waals surface area contributed by atoms with Crippen molar-refractivity contribution < 1.29 is 22.5 Å². The van der Waals surface area contributed by atoms with Crippen LogP contribution in [0.2, 0.25) is 0 Å². The van der Waals surface area contributed by atoms with E-state index < -0.39 is 27.5 Å². The molecule has 7 heteroatoms. The van der Waals surface area contributed by atoms with E-state index in [-0.39, 0.29) is 6.61 Å². The Morgan fingerprint density at radius 3 is 2.42 bits per heavy atom. The van der Waals surface area contributed by atoms with Crippen molar-refractivity contribution >= 4 is 16.2 Å². The fourth-order valence-corrected chi connectivity index (χ4v) is 2.51. The van der Waals surface area contributed by atoms with Crippen LogP contribution in [0.1, 0.15) is 19.4 Å². The molecule has 0 saturated heterocycles. The average molecular weight is 287 g/mol. The summed E-state index contributed by atoms with van der Waals surface area (Å²) >= 11 is 0. The van der Waals surface area contributed by atoms with Crippen molar-refractivity contribution in [2.75, 3.05) is 5.75 Å². The summed E-state index contributed by atoms with van der Waals surface area (Å²) < 4.78 is 35.2. The number of rotatable bonds is 5. The van der Waals surface area contributed by atoms with E-state index in [1.807, 2.05) is 18.2 Å². The highest BCUT2D eigenvalue weighted by Crippen LogP contribution is 2.07. The molecule has 0 aliphatic carbocycles. The van der Waals surface area contributed by atoms with Crippen LogP contribution in [0.3, 0.4) is 0 Å². The Hall–Kier alpha value is -1.60. The second-order valence-electron chi connectivity index (χ2n) is 4.80. The maximum absolute atomic E-state index is 11.5. The third-order valence-corrected chi connectivity index (χ3v) is 3.28. The summed E-state index contributed by atoms with van der Waals surface area (Å²) in [5.74, 6) is -0.583.